The molecule has 3 heteroatoms. The molecule has 2 aliphatic heterocycles. The average Bonchev–Trinajstić information content (AvgIpc) is 2.24. The van der Waals surface area contributed by atoms with Gasteiger partial charge in [-0.05, 0) is 47.0 Å². The Hall–Kier alpha value is -0.120. The molecule has 0 aliphatic carbocycles. The summed E-state index contributed by atoms with van der Waals surface area (Å²) >= 11 is 0. The number of rotatable bonds is 1. The molecule has 86 valence electrons. The third kappa shape index (κ3) is 2.52. The molecule has 0 spiro atoms. The van der Waals surface area contributed by atoms with Gasteiger partial charge in [0.1, 0.15) is 0 Å². The molecule has 2 radical (unpaired) electrons. The van der Waals surface area contributed by atoms with Gasteiger partial charge in [-0.15, -0.1) is 0 Å². The number of piperazine rings is 1. The number of likely N-dealkylation sites (N-methyl/N-ethyl adjacent to an activating group) is 1. The predicted octanol–water partition coefficient (Wildman–Crippen LogP) is 0.409. The van der Waals surface area contributed by atoms with E-state index in [2.05, 4.69) is 28.8 Å². The zero-order valence-electron chi connectivity index (χ0n) is 10.1. The summed E-state index contributed by atoms with van der Waals surface area (Å²) in [4.78, 5) is 7.26. The zero-order valence-corrected chi connectivity index (χ0v) is 10.1. The fraction of sp³-hybridized carbons (Fsp3) is 0.917. The van der Waals surface area contributed by atoms with Gasteiger partial charge in [-0.2, -0.15) is 0 Å². The van der Waals surface area contributed by atoms with Gasteiger partial charge in [0, 0.05) is 31.7 Å². The molecule has 0 amide bonds. The standard InChI is InChI=1S/C12H23N3/c1-12(4-6-13(2)7-5-12)15-10-8-14(3)9-11-15/h1H,4-11H2,2-3H3. The van der Waals surface area contributed by atoms with E-state index in [1.54, 1.807) is 0 Å². The summed E-state index contributed by atoms with van der Waals surface area (Å²) in [5.41, 5.74) is -0.0201. The lowest BCUT2D eigenvalue weighted by Crippen LogP contribution is -2.58. The molecule has 2 aliphatic rings. The topological polar surface area (TPSA) is 9.72 Å². The maximum absolute atomic E-state index is 6.52. The highest BCUT2D eigenvalue weighted by Gasteiger charge is 2.36. The van der Waals surface area contributed by atoms with Crippen molar-refractivity contribution in [2.75, 3.05) is 53.4 Å². The zero-order chi connectivity index (χ0) is 10.9. The van der Waals surface area contributed by atoms with E-state index in [0.29, 0.717) is 0 Å². The predicted molar refractivity (Wildman–Crippen MR) is 62.8 cm³/mol. The first kappa shape index (κ1) is 11.4. The van der Waals surface area contributed by atoms with Crippen LogP contribution in [0.5, 0.6) is 0 Å². The molecular formula is C12H23N3. The van der Waals surface area contributed by atoms with Crippen molar-refractivity contribution in [1.82, 2.24) is 14.7 Å². The molecule has 3 nitrogen and oxygen atoms in total. The molecule has 0 aromatic carbocycles. The van der Waals surface area contributed by atoms with Crippen molar-refractivity contribution in [1.29, 1.82) is 0 Å². The SMILES string of the molecule is [CH]C1(N2CCN(C)CC2)CCN(C)CC1. The second kappa shape index (κ2) is 4.40. The summed E-state index contributed by atoms with van der Waals surface area (Å²) in [6.45, 7) is 13.4. The highest BCUT2D eigenvalue weighted by Crippen LogP contribution is 2.28. The molecule has 2 saturated heterocycles. The molecule has 2 rings (SSSR count). The van der Waals surface area contributed by atoms with E-state index in [-0.39, 0.29) is 5.54 Å². The normalized spacial score (nSPS) is 30.6. The first-order valence-electron chi connectivity index (χ1n) is 6.01. The highest BCUT2D eigenvalue weighted by atomic mass is 15.3. The van der Waals surface area contributed by atoms with Crippen molar-refractivity contribution < 1.29 is 0 Å². The summed E-state index contributed by atoms with van der Waals surface area (Å²) in [5, 5.41) is 0. The van der Waals surface area contributed by atoms with Crippen LogP contribution in [0.1, 0.15) is 12.8 Å². The number of hydrogen-bond acceptors (Lipinski definition) is 3. The molecule has 0 atom stereocenters. The van der Waals surface area contributed by atoms with E-state index >= 15 is 0 Å². The first-order valence-corrected chi connectivity index (χ1v) is 6.01. The summed E-state index contributed by atoms with van der Waals surface area (Å²) in [7, 11) is 4.37. The van der Waals surface area contributed by atoms with Gasteiger partial charge in [-0.1, -0.05) is 0 Å². The molecule has 0 aromatic rings. The Balaban J connectivity index is 1.91. The van der Waals surface area contributed by atoms with Crippen LogP contribution >= 0.6 is 0 Å². The van der Waals surface area contributed by atoms with E-state index in [9.17, 15) is 0 Å². The Kier molecular flexibility index (Phi) is 3.33. The molecule has 2 fully saturated rings. The minimum atomic E-state index is -0.0201. The summed E-state index contributed by atoms with van der Waals surface area (Å²) in [6, 6.07) is 0. The van der Waals surface area contributed by atoms with E-state index in [1.807, 2.05) is 0 Å². The fourth-order valence-corrected chi connectivity index (χ4v) is 2.57. The van der Waals surface area contributed by atoms with Crippen molar-refractivity contribution in [3.05, 3.63) is 6.92 Å². The minimum absolute atomic E-state index is 0.0201. The largest absolute Gasteiger partial charge is 0.306 e. The van der Waals surface area contributed by atoms with Crippen molar-refractivity contribution in [2.45, 2.75) is 18.4 Å². The third-order valence-corrected chi connectivity index (χ3v) is 3.99. The number of nitrogens with zero attached hydrogens (tertiary/aromatic N) is 3. The van der Waals surface area contributed by atoms with Gasteiger partial charge in [-0.25, -0.2) is 0 Å². The third-order valence-electron chi connectivity index (χ3n) is 3.99. The van der Waals surface area contributed by atoms with Crippen molar-refractivity contribution >= 4 is 0 Å². The molecule has 0 unspecified atom stereocenters. The van der Waals surface area contributed by atoms with Gasteiger partial charge >= 0.3 is 0 Å². The molecular weight excluding hydrogens is 186 g/mol. The summed E-state index contributed by atoms with van der Waals surface area (Å²) in [5.74, 6) is 0. The van der Waals surface area contributed by atoms with Crippen LogP contribution in [0.25, 0.3) is 0 Å². The fourth-order valence-electron chi connectivity index (χ4n) is 2.57. The second-order valence-electron chi connectivity index (χ2n) is 5.20. The number of likely N-dealkylation sites (tertiary alicyclic amines) is 1. The van der Waals surface area contributed by atoms with E-state index in [0.717, 1.165) is 52.1 Å². The first-order chi connectivity index (χ1) is 7.10. The van der Waals surface area contributed by atoms with Crippen LogP contribution in [0.2, 0.25) is 0 Å². The molecule has 0 aromatic heterocycles. The van der Waals surface area contributed by atoms with Crippen LogP contribution in [0.15, 0.2) is 0 Å². The van der Waals surface area contributed by atoms with Gasteiger partial charge in [-0.3, -0.25) is 4.90 Å². The maximum atomic E-state index is 6.52. The van der Waals surface area contributed by atoms with Crippen LogP contribution in [0.3, 0.4) is 0 Å². The van der Waals surface area contributed by atoms with Crippen LogP contribution in [-0.2, 0) is 0 Å². The second-order valence-corrected chi connectivity index (χ2v) is 5.20. The van der Waals surface area contributed by atoms with Crippen LogP contribution in [0.4, 0.5) is 0 Å². The Bertz CT molecular complexity index is 201. The minimum Gasteiger partial charge on any atom is -0.306 e. The van der Waals surface area contributed by atoms with E-state index in [1.165, 1.54) is 0 Å². The lowest BCUT2D eigenvalue weighted by molar-refractivity contribution is 0.0269. The summed E-state index contributed by atoms with van der Waals surface area (Å²) < 4.78 is 0. The van der Waals surface area contributed by atoms with Gasteiger partial charge in [0.2, 0.25) is 0 Å². The monoisotopic (exact) mass is 209 g/mol. The molecule has 0 bridgehead atoms. The van der Waals surface area contributed by atoms with Crippen LogP contribution in [-0.4, -0.2) is 73.6 Å². The van der Waals surface area contributed by atoms with E-state index in [4.69, 9.17) is 6.92 Å². The van der Waals surface area contributed by atoms with Gasteiger partial charge < -0.3 is 9.80 Å². The van der Waals surface area contributed by atoms with E-state index < -0.39 is 0 Å². The molecule has 15 heavy (non-hydrogen) atoms. The molecule has 0 N–H and O–H groups in total. The smallest absolute Gasteiger partial charge is 0.0270 e. The quantitative estimate of drug-likeness (QED) is 0.619. The van der Waals surface area contributed by atoms with Crippen molar-refractivity contribution in [3.8, 4) is 0 Å². The summed E-state index contributed by atoms with van der Waals surface area (Å²) in [6.07, 6.45) is 2.24. The average molecular weight is 209 g/mol. The molecule has 2 heterocycles. The maximum Gasteiger partial charge on any atom is 0.0270 e. The Labute approximate surface area is 94.0 Å². The van der Waals surface area contributed by atoms with Gasteiger partial charge in [0.25, 0.3) is 0 Å². The highest BCUT2D eigenvalue weighted by molar-refractivity contribution is 4.98. The Morgan fingerprint density at radius 2 is 1.27 bits per heavy atom. The Morgan fingerprint density at radius 3 is 1.80 bits per heavy atom. The van der Waals surface area contributed by atoms with Crippen LogP contribution in [0, 0.1) is 6.92 Å². The van der Waals surface area contributed by atoms with Crippen molar-refractivity contribution in [3.63, 3.8) is 0 Å². The van der Waals surface area contributed by atoms with Crippen LogP contribution < -0.4 is 0 Å². The van der Waals surface area contributed by atoms with Crippen molar-refractivity contribution in [2.24, 2.45) is 0 Å². The van der Waals surface area contributed by atoms with Gasteiger partial charge in [0.05, 0.1) is 0 Å². The number of piperidine rings is 1. The van der Waals surface area contributed by atoms with Gasteiger partial charge in [0.15, 0.2) is 0 Å². The Morgan fingerprint density at radius 1 is 0.800 bits per heavy atom. The number of hydrogen-bond donors (Lipinski definition) is 0. The lowest BCUT2D eigenvalue weighted by Gasteiger charge is -2.48. The lowest BCUT2D eigenvalue weighted by atomic mass is 9.87. The molecule has 0 saturated carbocycles.